The van der Waals surface area contributed by atoms with E-state index < -0.39 is 9.84 Å². The largest absolute Gasteiger partial charge is 0.301 e. The molecule has 0 atom stereocenters. The van der Waals surface area contributed by atoms with E-state index in [0.717, 1.165) is 6.04 Å². The molecule has 18 heavy (non-hydrogen) atoms. The van der Waals surface area contributed by atoms with Crippen molar-refractivity contribution in [3.8, 4) is 0 Å². The Bertz CT molecular complexity index is 288. The average molecular weight is 277 g/mol. The zero-order valence-corrected chi connectivity index (χ0v) is 13.8. The Labute approximate surface area is 114 Å². The van der Waals surface area contributed by atoms with Crippen molar-refractivity contribution in [2.75, 3.05) is 13.1 Å². The van der Waals surface area contributed by atoms with E-state index in [-0.39, 0.29) is 10.5 Å². The minimum atomic E-state index is -2.81. The quantitative estimate of drug-likeness (QED) is 0.795. The van der Waals surface area contributed by atoms with Gasteiger partial charge in [-0.05, 0) is 67.5 Å². The van der Waals surface area contributed by atoms with Crippen molar-refractivity contribution in [1.82, 2.24) is 4.90 Å². The highest BCUT2D eigenvalue weighted by molar-refractivity contribution is 7.92. The normalized spacial score (nSPS) is 18.1. The first-order valence-electron chi connectivity index (χ1n) is 7.16. The van der Waals surface area contributed by atoms with Gasteiger partial charge in [-0.15, -0.1) is 0 Å². The van der Waals surface area contributed by atoms with Crippen molar-refractivity contribution in [3.63, 3.8) is 0 Å². The van der Waals surface area contributed by atoms with Crippen LogP contribution in [0.4, 0.5) is 0 Å². The predicted octanol–water partition coefficient (Wildman–Crippen LogP) is 3.10. The summed E-state index contributed by atoms with van der Waals surface area (Å²) in [5.41, 5.74) is 0. The first kappa shape index (κ1) is 17.9. The number of sulfone groups is 1. The van der Waals surface area contributed by atoms with Crippen molar-refractivity contribution in [2.45, 2.75) is 77.3 Å². The molecule has 3 nitrogen and oxygen atoms in total. The number of nitrogens with zero attached hydrogens (tertiary/aromatic N) is 1. The second kappa shape index (κ2) is 8.16. The van der Waals surface area contributed by atoms with E-state index in [4.69, 9.17) is 0 Å². The van der Waals surface area contributed by atoms with Crippen molar-refractivity contribution in [3.05, 3.63) is 0 Å². The van der Waals surface area contributed by atoms with Crippen LogP contribution in [0.25, 0.3) is 0 Å². The molecule has 4 heteroatoms. The highest BCUT2D eigenvalue weighted by atomic mass is 32.2. The van der Waals surface area contributed by atoms with Crippen LogP contribution in [-0.2, 0) is 9.84 Å². The van der Waals surface area contributed by atoms with Gasteiger partial charge in [0, 0.05) is 6.04 Å². The van der Waals surface area contributed by atoms with Gasteiger partial charge in [0.05, 0.1) is 10.5 Å². The Morgan fingerprint density at radius 1 is 0.778 bits per heavy atom. The van der Waals surface area contributed by atoms with Crippen molar-refractivity contribution in [1.29, 1.82) is 0 Å². The third-order valence-electron chi connectivity index (χ3n) is 3.44. The van der Waals surface area contributed by atoms with E-state index in [2.05, 4.69) is 18.7 Å². The van der Waals surface area contributed by atoms with E-state index in [1.54, 1.807) is 27.7 Å². The van der Waals surface area contributed by atoms with E-state index in [1.165, 1.54) is 32.4 Å². The van der Waals surface area contributed by atoms with E-state index in [1.807, 2.05) is 0 Å². The molecule has 0 N–H and O–H groups in total. The highest BCUT2D eigenvalue weighted by Crippen LogP contribution is 2.10. The van der Waals surface area contributed by atoms with Gasteiger partial charge in [0.25, 0.3) is 0 Å². The van der Waals surface area contributed by atoms with E-state index in [0.29, 0.717) is 0 Å². The summed E-state index contributed by atoms with van der Waals surface area (Å²) < 4.78 is 22.1. The maximum atomic E-state index is 11.0. The first-order chi connectivity index (χ1) is 8.19. The van der Waals surface area contributed by atoms with Crippen LogP contribution in [0.1, 0.15) is 60.8 Å². The molecule has 0 radical (unpaired) electrons. The van der Waals surface area contributed by atoms with Crippen LogP contribution >= 0.6 is 0 Å². The van der Waals surface area contributed by atoms with Gasteiger partial charge < -0.3 is 4.90 Å². The Hall–Kier alpha value is -0.0900. The molecule has 0 amide bonds. The maximum Gasteiger partial charge on any atom is 0.154 e. The van der Waals surface area contributed by atoms with E-state index >= 15 is 0 Å². The molecular weight excluding hydrogens is 246 g/mol. The molecule has 1 aliphatic rings. The standard InChI is InChI=1S/C8H17N.C6H14O2S/c1-8(2)9-6-4-3-5-7-9;1-5(2)9(7,8)6(3)4/h8H,3-7H2,1-2H3;5-6H,1-4H3. The summed E-state index contributed by atoms with van der Waals surface area (Å²) in [5.74, 6) is 0. The molecule has 0 unspecified atom stereocenters. The number of hydrogen-bond donors (Lipinski definition) is 0. The molecule has 0 aromatic carbocycles. The molecule has 1 saturated heterocycles. The Balaban J connectivity index is 0.000000321. The third kappa shape index (κ3) is 6.19. The summed E-state index contributed by atoms with van der Waals surface area (Å²) in [7, 11) is -2.81. The van der Waals surface area contributed by atoms with Crippen molar-refractivity contribution >= 4 is 9.84 Å². The number of piperidine rings is 1. The predicted molar refractivity (Wildman–Crippen MR) is 79.8 cm³/mol. The van der Waals surface area contributed by atoms with Crippen LogP contribution in [0.15, 0.2) is 0 Å². The molecule has 0 aromatic heterocycles. The van der Waals surface area contributed by atoms with Gasteiger partial charge in [-0.2, -0.15) is 0 Å². The molecule has 0 spiro atoms. The monoisotopic (exact) mass is 277 g/mol. The zero-order chi connectivity index (χ0) is 14.3. The number of rotatable bonds is 3. The third-order valence-corrected chi connectivity index (χ3v) is 6.06. The molecule has 1 heterocycles. The second-order valence-electron chi connectivity index (χ2n) is 5.88. The molecule has 1 fully saturated rings. The van der Waals surface area contributed by atoms with Crippen molar-refractivity contribution < 1.29 is 8.42 Å². The summed E-state index contributed by atoms with van der Waals surface area (Å²) in [6.45, 7) is 14.0. The van der Waals surface area contributed by atoms with Crippen LogP contribution in [0.3, 0.4) is 0 Å². The lowest BCUT2D eigenvalue weighted by Crippen LogP contribution is -2.35. The lowest BCUT2D eigenvalue weighted by molar-refractivity contribution is 0.185. The lowest BCUT2D eigenvalue weighted by atomic mass is 10.1. The molecule has 1 rings (SSSR count). The summed E-state index contributed by atoms with van der Waals surface area (Å²) in [6.07, 6.45) is 4.28. The Morgan fingerprint density at radius 3 is 1.33 bits per heavy atom. The van der Waals surface area contributed by atoms with E-state index in [9.17, 15) is 8.42 Å². The molecule has 0 aliphatic carbocycles. The summed E-state index contributed by atoms with van der Waals surface area (Å²) in [5, 5.41) is -0.477. The lowest BCUT2D eigenvalue weighted by Gasteiger charge is -2.29. The van der Waals surface area contributed by atoms with Crippen LogP contribution in [0.5, 0.6) is 0 Å². The van der Waals surface area contributed by atoms with Gasteiger partial charge >= 0.3 is 0 Å². The second-order valence-corrected chi connectivity index (χ2v) is 8.94. The van der Waals surface area contributed by atoms with Gasteiger partial charge in [0.1, 0.15) is 0 Å². The smallest absolute Gasteiger partial charge is 0.154 e. The molecule has 1 aliphatic heterocycles. The molecule has 0 bridgehead atoms. The zero-order valence-electron chi connectivity index (χ0n) is 12.9. The van der Waals surface area contributed by atoms with Gasteiger partial charge in [-0.25, -0.2) is 8.42 Å². The van der Waals surface area contributed by atoms with Crippen LogP contribution < -0.4 is 0 Å². The minimum Gasteiger partial charge on any atom is -0.301 e. The SMILES string of the molecule is CC(C)N1CCCCC1.CC(C)S(=O)(=O)C(C)C. The number of likely N-dealkylation sites (tertiary alicyclic amines) is 1. The number of hydrogen-bond acceptors (Lipinski definition) is 3. The molecule has 0 saturated carbocycles. The minimum absolute atomic E-state index is 0.238. The van der Waals surface area contributed by atoms with Crippen molar-refractivity contribution in [2.24, 2.45) is 0 Å². The first-order valence-corrected chi connectivity index (χ1v) is 8.77. The van der Waals surface area contributed by atoms with Crippen LogP contribution in [0, 0.1) is 0 Å². The fourth-order valence-corrected chi connectivity index (χ4v) is 3.07. The molecule has 0 aromatic rings. The van der Waals surface area contributed by atoms with Gasteiger partial charge in [0.2, 0.25) is 0 Å². The fraction of sp³-hybridized carbons (Fsp3) is 1.00. The average Bonchev–Trinajstić information content (AvgIpc) is 2.30. The summed E-state index contributed by atoms with van der Waals surface area (Å²) in [4.78, 5) is 2.56. The van der Waals surface area contributed by atoms with Gasteiger partial charge in [0.15, 0.2) is 9.84 Å². The Kier molecular flexibility index (Phi) is 8.11. The Morgan fingerprint density at radius 2 is 1.17 bits per heavy atom. The fourth-order valence-electron chi connectivity index (χ4n) is 1.98. The summed E-state index contributed by atoms with van der Waals surface area (Å²) >= 11 is 0. The maximum absolute atomic E-state index is 11.0. The topological polar surface area (TPSA) is 37.4 Å². The molecular formula is C14H31NO2S. The van der Waals surface area contributed by atoms with Gasteiger partial charge in [-0.1, -0.05) is 6.42 Å². The van der Waals surface area contributed by atoms with Crippen LogP contribution in [0.2, 0.25) is 0 Å². The highest BCUT2D eigenvalue weighted by Gasteiger charge is 2.19. The van der Waals surface area contributed by atoms with Crippen LogP contribution in [-0.4, -0.2) is 42.9 Å². The van der Waals surface area contributed by atoms with Gasteiger partial charge in [-0.3, -0.25) is 0 Å². The molecule has 110 valence electrons. The summed E-state index contributed by atoms with van der Waals surface area (Å²) in [6, 6.07) is 0.769.